The lowest BCUT2D eigenvalue weighted by Gasteiger charge is -2.19. The molecule has 286 valence electrons. The Bertz CT molecular complexity index is 1070. The number of rotatable bonds is 34. The predicted molar refractivity (Wildman–Crippen MR) is 225 cm³/mol. The third-order valence-corrected chi connectivity index (χ3v) is 8.18. The summed E-state index contributed by atoms with van der Waals surface area (Å²) in [4.78, 5) is 12.3. The zero-order chi connectivity index (χ0) is 37.1. The first kappa shape index (κ1) is 47.8. The average Bonchev–Trinajstić information content (AvgIpc) is 3.13. The Morgan fingerprint density at radius 3 is 1.37 bits per heavy atom. The Morgan fingerprint density at radius 1 is 0.490 bits per heavy atom. The van der Waals surface area contributed by atoms with Crippen LogP contribution in [0.1, 0.15) is 149 Å². The number of unbranched alkanes of at least 4 members (excludes halogenated alkanes) is 9. The van der Waals surface area contributed by atoms with Crippen LogP contribution >= 0.6 is 0 Å². The summed E-state index contributed by atoms with van der Waals surface area (Å²) in [5.74, 6) is -0.125. The Balaban J connectivity index is 3.82. The van der Waals surface area contributed by atoms with Gasteiger partial charge in [0.15, 0.2) is 0 Å². The van der Waals surface area contributed by atoms with E-state index in [1.165, 1.54) is 38.5 Å². The average molecular weight is 702 g/mol. The molecule has 0 aliphatic rings. The lowest BCUT2D eigenvalue weighted by molar-refractivity contribution is -0.123. The van der Waals surface area contributed by atoms with Gasteiger partial charge in [-0.15, -0.1) is 0 Å². The van der Waals surface area contributed by atoms with Crippen LogP contribution in [-0.4, -0.2) is 34.9 Å². The maximum atomic E-state index is 12.3. The minimum atomic E-state index is -0.888. The number of nitrogens with one attached hydrogen (secondary N) is 1. The molecule has 2 atom stereocenters. The van der Waals surface area contributed by atoms with E-state index in [2.05, 4.69) is 129 Å². The van der Waals surface area contributed by atoms with Gasteiger partial charge in [-0.2, -0.15) is 0 Å². The van der Waals surface area contributed by atoms with Crippen LogP contribution in [0.2, 0.25) is 0 Å². The van der Waals surface area contributed by atoms with Crippen molar-refractivity contribution >= 4 is 5.91 Å². The summed E-state index contributed by atoms with van der Waals surface area (Å²) in [5.41, 5.74) is 0. The SMILES string of the molecule is CC/C=C\C/C=C\C/C=C\C/C=C\C/C=C\C/C=C\C/C=C\C/C=C\CCCCC(=O)NC(CO)C(O)/C=C/CC/C=C/CCCCCCCC. The molecule has 0 saturated heterocycles. The number of hydrogen-bond donors (Lipinski definition) is 3. The standard InChI is InChI=1S/C47H75NO3/c1-3-5-7-9-11-13-15-17-18-19-20-21-22-23-24-25-26-27-28-29-30-31-33-35-37-39-41-43-47(51)48-45(44-49)46(50)42-40-38-36-34-32-16-14-12-10-8-6-4-2/h5,7,11,13,17-18,20-21,23-24,26-27,29-30,32-35,40,42,45-46,49-50H,3-4,6,8-10,12,14-16,19,22,25,28,31,36-39,41,43-44H2,1-2H3,(H,48,51)/b7-5-,13-11-,18-17-,21-20-,24-23-,27-26-,30-29-,34-32+,35-33-,42-40+. The van der Waals surface area contributed by atoms with E-state index in [9.17, 15) is 15.0 Å². The number of allylic oxidation sites excluding steroid dienone is 19. The molecule has 4 heteroatoms. The molecule has 3 N–H and O–H groups in total. The van der Waals surface area contributed by atoms with Crippen LogP contribution in [-0.2, 0) is 4.79 Å². The molecule has 0 saturated carbocycles. The monoisotopic (exact) mass is 702 g/mol. The Morgan fingerprint density at radius 2 is 0.882 bits per heavy atom. The van der Waals surface area contributed by atoms with Gasteiger partial charge in [-0.1, -0.05) is 167 Å². The van der Waals surface area contributed by atoms with Crippen molar-refractivity contribution in [3.8, 4) is 0 Å². The van der Waals surface area contributed by atoms with Gasteiger partial charge in [0.05, 0.1) is 18.8 Å². The fraction of sp³-hybridized carbons (Fsp3) is 0.553. The lowest BCUT2D eigenvalue weighted by atomic mass is 10.1. The van der Waals surface area contributed by atoms with Crippen molar-refractivity contribution in [3.63, 3.8) is 0 Å². The van der Waals surface area contributed by atoms with Crippen LogP contribution < -0.4 is 5.32 Å². The van der Waals surface area contributed by atoms with Gasteiger partial charge in [0.2, 0.25) is 5.91 Å². The molecule has 1 amide bonds. The number of aliphatic hydroxyl groups excluding tert-OH is 2. The smallest absolute Gasteiger partial charge is 0.220 e. The van der Waals surface area contributed by atoms with E-state index < -0.39 is 12.1 Å². The quantitative estimate of drug-likeness (QED) is 0.0462. The third-order valence-electron chi connectivity index (χ3n) is 8.18. The molecule has 0 spiro atoms. The highest BCUT2D eigenvalue weighted by Gasteiger charge is 2.17. The molecule has 0 aromatic rings. The molecule has 0 aromatic carbocycles. The first-order valence-corrected chi connectivity index (χ1v) is 20.2. The van der Waals surface area contributed by atoms with Crippen molar-refractivity contribution in [3.05, 3.63) is 122 Å². The summed E-state index contributed by atoms with van der Waals surface area (Å²) in [6, 6.07) is -0.670. The second-order valence-corrected chi connectivity index (χ2v) is 13.0. The fourth-order valence-electron chi connectivity index (χ4n) is 5.09. The van der Waals surface area contributed by atoms with Crippen LogP contribution in [0.3, 0.4) is 0 Å². The second kappa shape index (κ2) is 41.2. The lowest BCUT2D eigenvalue weighted by Crippen LogP contribution is -2.45. The summed E-state index contributed by atoms with van der Waals surface area (Å²) >= 11 is 0. The maximum Gasteiger partial charge on any atom is 0.220 e. The molecule has 4 nitrogen and oxygen atoms in total. The summed E-state index contributed by atoms with van der Waals surface area (Å²) in [6.45, 7) is 4.12. The minimum absolute atomic E-state index is 0.125. The first-order chi connectivity index (χ1) is 25.2. The largest absolute Gasteiger partial charge is 0.394 e. The van der Waals surface area contributed by atoms with E-state index in [1.54, 1.807) is 6.08 Å². The number of hydrogen-bond acceptors (Lipinski definition) is 3. The van der Waals surface area contributed by atoms with Crippen molar-refractivity contribution in [2.24, 2.45) is 0 Å². The second-order valence-electron chi connectivity index (χ2n) is 13.0. The molecule has 0 heterocycles. The van der Waals surface area contributed by atoms with Crippen molar-refractivity contribution in [1.29, 1.82) is 0 Å². The van der Waals surface area contributed by atoms with E-state index in [0.717, 1.165) is 89.9 Å². The Kier molecular flexibility index (Phi) is 38.6. The normalized spacial score (nSPS) is 14.4. The highest BCUT2D eigenvalue weighted by Crippen LogP contribution is 2.08. The van der Waals surface area contributed by atoms with Gasteiger partial charge in [0, 0.05) is 6.42 Å². The van der Waals surface area contributed by atoms with Gasteiger partial charge in [-0.3, -0.25) is 4.79 Å². The fourth-order valence-corrected chi connectivity index (χ4v) is 5.09. The zero-order valence-electron chi connectivity index (χ0n) is 32.6. The molecule has 0 radical (unpaired) electrons. The van der Waals surface area contributed by atoms with E-state index in [4.69, 9.17) is 0 Å². The van der Waals surface area contributed by atoms with Gasteiger partial charge < -0.3 is 15.5 Å². The summed E-state index contributed by atoms with van der Waals surface area (Å²) in [7, 11) is 0. The van der Waals surface area contributed by atoms with E-state index in [-0.39, 0.29) is 12.5 Å². The first-order valence-electron chi connectivity index (χ1n) is 20.2. The summed E-state index contributed by atoms with van der Waals surface area (Å²) in [6.07, 6.45) is 64.4. The Labute approximate surface area is 314 Å². The van der Waals surface area contributed by atoms with Crippen LogP contribution in [0.25, 0.3) is 0 Å². The van der Waals surface area contributed by atoms with Gasteiger partial charge in [0.25, 0.3) is 0 Å². The van der Waals surface area contributed by atoms with Crippen molar-refractivity contribution < 1.29 is 15.0 Å². The van der Waals surface area contributed by atoms with Crippen molar-refractivity contribution in [1.82, 2.24) is 5.32 Å². The number of carbonyl (C=O) groups excluding carboxylic acids is 1. The molecule has 51 heavy (non-hydrogen) atoms. The summed E-state index contributed by atoms with van der Waals surface area (Å²) in [5, 5.41) is 22.8. The third kappa shape index (κ3) is 37.9. The van der Waals surface area contributed by atoms with Crippen LogP contribution in [0.4, 0.5) is 0 Å². The number of amides is 1. The van der Waals surface area contributed by atoms with Gasteiger partial charge in [-0.05, 0) is 96.3 Å². The van der Waals surface area contributed by atoms with Gasteiger partial charge in [0.1, 0.15) is 0 Å². The van der Waals surface area contributed by atoms with E-state index in [1.807, 2.05) is 6.08 Å². The van der Waals surface area contributed by atoms with Crippen molar-refractivity contribution in [2.45, 2.75) is 161 Å². The highest BCUT2D eigenvalue weighted by atomic mass is 16.3. The molecule has 2 unspecified atom stereocenters. The maximum absolute atomic E-state index is 12.3. The summed E-state index contributed by atoms with van der Waals surface area (Å²) < 4.78 is 0. The van der Waals surface area contributed by atoms with Crippen LogP contribution in [0.15, 0.2) is 122 Å². The van der Waals surface area contributed by atoms with Crippen molar-refractivity contribution in [2.75, 3.05) is 6.61 Å². The van der Waals surface area contributed by atoms with Gasteiger partial charge in [-0.25, -0.2) is 0 Å². The van der Waals surface area contributed by atoms with E-state index >= 15 is 0 Å². The topological polar surface area (TPSA) is 69.6 Å². The minimum Gasteiger partial charge on any atom is -0.394 e. The molecule has 0 aliphatic heterocycles. The number of carbonyl (C=O) groups is 1. The predicted octanol–water partition coefficient (Wildman–Crippen LogP) is 12.6. The molecule has 0 rings (SSSR count). The van der Waals surface area contributed by atoms with Crippen LogP contribution in [0, 0.1) is 0 Å². The molecular weight excluding hydrogens is 627 g/mol. The van der Waals surface area contributed by atoms with Gasteiger partial charge >= 0.3 is 0 Å². The molecule has 0 fully saturated rings. The Hall–Kier alpha value is -3.21. The molecule has 0 aromatic heterocycles. The zero-order valence-corrected chi connectivity index (χ0v) is 32.6. The molecule has 0 bridgehead atoms. The molecular formula is C47H75NO3. The van der Waals surface area contributed by atoms with Crippen LogP contribution in [0.5, 0.6) is 0 Å². The number of aliphatic hydroxyl groups is 2. The highest BCUT2D eigenvalue weighted by molar-refractivity contribution is 5.76. The van der Waals surface area contributed by atoms with E-state index in [0.29, 0.717) is 6.42 Å². The molecule has 0 aliphatic carbocycles.